The normalized spacial score (nSPS) is 20.2. The van der Waals surface area contributed by atoms with E-state index < -0.39 is 77.4 Å². The molecule has 1 aliphatic heterocycles. The summed E-state index contributed by atoms with van der Waals surface area (Å²) in [4.78, 5) is 94.1. The summed E-state index contributed by atoms with van der Waals surface area (Å²) in [6.45, 7) is 14.9. The molecule has 5 atom stereocenters. The second-order valence-electron chi connectivity index (χ2n) is 18.0. The van der Waals surface area contributed by atoms with Gasteiger partial charge in [0.15, 0.2) is 0 Å². The van der Waals surface area contributed by atoms with Crippen molar-refractivity contribution in [3.05, 3.63) is 83.4 Å². The highest BCUT2D eigenvalue weighted by Crippen LogP contribution is 2.27. The van der Waals surface area contributed by atoms with Crippen molar-refractivity contribution in [2.75, 3.05) is 0 Å². The van der Waals surface area contributed by atoms with Gasteiger partial charge in [0.1, 0.15) is 47.3 Å². The van der Waals surface area contributed by atoms with Gasteiger partial charge in [0, 0.05) is 6.42 Å². The van der Waals surface area contributed by atoms with E-state index in [1.54, 1.807) is 62.4 Å². The lowest BCUT2D eigenvalue weighted by Gasteiger charge is -2.28. The molecule has 0 spiro atoms. The van der Waals surface area contributed by atoms with Crippen LogP contribution in [0.15, 0.2) is 77.0 Å². The molecule has 3 aromatic carbocycles. The summed E-state index contributed by atoms with van der Waals surface area (Å²) in [6, 6.07) is 11.9. The monoisotopic (exact) mass is 897 g/mol. The summed E-state index contributed by atoms with van der Waals surface area (Å²) >= 11 is 0. The minimum atomic E-state index is -1.31. The number of carboxylic acids is 1. The lowest BCUT2D eigenvalue weighted by molar-refractivity contribution is -0.135. The van der Waals surface area contributed by atoms with Crippen LogP contribution in [-0.4, -0.2) is 81.9 Å². The number of ether oxygens (including phenoxy) is 1. The Morgan fingerprint density at radius 3 is 1.68 bits per heavy atom. The van der Waals surface area contributed by atoms with Crippen molar-refractivity contribution in [1.82, 2.24) is 26.6 Å². The smallest absolute Gasteiger partial charge is 0.339 e. The lowest BCUT2D eigenvalue weighted by atomic mass is 9.98. The third-order valence-corrected chi connectivity index (χ3v) is 10.6. The van der Waals surface area contributed by atoms with Crippen LogP contribution in [0.2, 0.25) is 0 Å². The van der Waals surface area contributed by atoms with Crippen molar-refractivity contribution in [2.24, 2.45) is 33.9 Å². The number of aromatic hydroxyl groups is 1. The third kappa shape index (κ3) is 15.8. The van der Waals surface area contributed by atoms with Gasteiger partial charge in [-0.25, -0.2) is 4.79 Å². The molecule has 0 radical (unpaired) electrons. The van der Waals surface area contributed by atoms with E-state index in [1.165, 1.54) is 18.2 Å². The van der Waals surface area contributed by atoms with Crippen LogP contribution in [0, 0.1) is 23.7 Å². The third-order valence-electron chi connectivity index (χ3n) is 10.6. The molecule has 0 aliphatic carbocycles. The fourth-order valence-electron chi connectivity index (χ4n) is 7.22. The number of hydrogen-bond donors (Lipinski definition) is 7. The Balaban J connectivity index is 1.54. The standard InChI is InChI=1S/C48H63N7O10/c1-26(2)21-36-43(58)50-38(23-28(5)6)46(61)53-42(29(7)8)47(62)52-37(22-27(3)4)44(59)51-39(45(60)49-36)24-30-13-17-33(18-14-30)65-41(57)20-15-31-11-9-10-12-35(31)55-54-32-16-19-40(56)34(25-32)48(63)64/h9-14,16-19,25-29,36-39,42,56H,15,20-24H2,1-8H3,(H,49,60)(H,50,58)(H,51,59)(H,52,62)(H,53,61)(H,63,64)/b55-54+/t36?,37?,38?,39-,42?/m1/s1. The van der Waals surface area contributed by atoms with Gasteiger partial charge in [0.05, 0.1) is 17.8 Å². The summed E-state index contributed by atoms with van der Waals surface area (Å²) in [5.41, 5.74) is 1.63. The molecular weight excluding hydrogens is 835 g/mol. The number of benzene rings is 3. The first kappa shape index (κ1) is 51.0. The number of nitrogens with one attached hydrogen (secondary N) is 5. The van der Waals surface area contributed by atoms with Gasteiger partial charge in [-0.3, -0.25) is 28.8 Å². The van der Waals surface area contributed by atoms with Crippen LogP contribution >= 0.6 is 0 Å². The van der Waals surface area contributed by atoms with E-state index in [9.17, 15) is 43.8 Å². The maximum absolute atomic E-state index is 14.2. The molecule has 0 bridgehead atoms. The first-order chi connectivity index (χ1) is 30.7. The molecule has 350 valence electrons. The predicted octanol–water partition coefficient (Wildman–Crippen LogP) is 5.82. The molecule has 0 saturated carbocycles. The summed E-state index contributed by atoms with van der Waals surface area (Å²) in [5.74, 6) is -5.39. The van der Waals surface area contributed by atoms with E-state index >= 15 is 0 Å². The average molecular weight is 898 g/mol. The highest BCUT2D eigenvalue weighted by atomic mass is 16.5. The van der Waals surface area contributed by atoms with Crippen molar-refractivity contribution in [3.63, 3.8) is 0 Å². The molecule has 17 heteroatoms. The highest BCUT2D eigenvalue weighted by molar-refractivity contribution is 5.98. The van der Waals surface area contributed by atoms with Crippen molar-refractivity contribution in [3.8, 4) is 11.5 Å². The van der Waals surface area contributed by atoms with Gasteiger partial charge >= 0.3 is 11.9 Å². The topological polar surface area (TPSA) is 254 Å². The Morgan fingerprint density at radius 2 is 1.14 bits per heavy atom. The van der Waals surface area contributed by atoms with Gasteiger partial charge in [0.25, 0.3) is 0 Å². The first-order valence-electron chi connectivity index (χ1n) is 22.1. The second-order valence-corrected chi connectivity index (χ2v) is 18.0. The van der Waals surface area contributed by atoms with Gasteiger partial charge < -0.3 is 41.5 Å². The quantitative estimate of drug-likeness (QED) is 0.0515. The van der Waals surface area contributed by atoms with E-state index in [2.05, 4.69) is 36.8 Å². The molecule has 1 heterocycles. The summed E-state index contributed by atoms with van der Waals surface area (Å²) in [5, 5.41) is 41.6. The Bertz CT molecular complexity index is 2210. The number of azo groups is 1. The number of aromatic carboxylic acids is 1. The molecule has 5 amide bonds. The fourth-order valence-corrected chi connectivity index (χ4v) is 7.22. The first-order valence-corrected chi connectivity index (χ1v) is 22.1. The van der Waals surface area contributed by atoms with Gasteiger partial charge in [-0.2, -0.15) is 10.2 Å². The highest BCUT2D eigenvalue weighted by Gasteiger charge is 2.36. The number of carbonyl (C=O) groups excluding carboxylic acids is 6. The molecule has 0 aromatic heterocycles. The lowest BCUT2D eigenvalue weighted by Crippen LogP contribution is -2.59. The van der Waals surface area contributed by atoms with Gasteiger partial charge in [-0.1, -0.05) is 85.7 Å². The molecule has 17 nitrogen and oxygen atoms in total. The number of amides is 5. The van der Waals surface area contributed by atoms with E-state index in [4.69, 9.17) is 4.74 Å². The zero-order valence-electron chi connectivity index (χ0n) is 38.3. The number of aryl methyl sites for hydroxylation is 1. The van der Waals surface area contributed by atoms with E-state index in [1.807, 2.05) is 41.5 Å². The van der Waals surface area contributed by atoms with Crippen LogP contribution in [0.25, 0.3) is 0 Å². The molecule has 1 saturated heterocycles. The minimum Gasteiger partial charge on any atom is -0.507 e. The van der Waals surface area contributed by atoms with Crippen LogP contribution in [0.5, 0.6) is 11.5 Å². The predicted molar refractivity (Wildman–Crippen MR) is 243 cm³/mol. The summed E-state index contributed by atoms with van der Waals surface area (Å²) in [6.07, 6.45) is 0.952. The van der Waals surface area contributed by atoms with Crippen LogP contribution in [0.3, 0.4) is 0 Å². The number of carboxylic acid groups (broad SMARTS) is 1. The number of carbonyl (C=O) groups is 7. The summed E-state index contributed by atoms with van der Waals surface area (Å²) < 4.78 is 5.61. The van der Waals surface area contributed by atoms with Crippen molar-refractivity contribution in [1.29, 1.82) is 0 Å². The maximum Gasteiger partial charge on any atom is 0.339 e. The number of hydrogen-bond acceptors (Lipinski definition) is 11. The van der Waals surface area contributed by atoms with Gasteiger partial charge in [-0.05, 0) is 96.9 Å². The number of rotatable bonds is 16. The second kappa shape index (κ2) is 23.9. The molecule has 65 heavy (non-hydrogen) atoms. The molecule has 7 N–H and O–H groups in total. The van der Waals surface area contributed by atoms with Gasteiger partial charge in [-0.15, -0.1) is 0 Å². The largest absolute Gasteiger partial charge is 0.507 e. The summed E-state index contributed by atoms with van der Waals surface area (Å²) in [7, 11) is 0. The van der Waals surface area contributed by atoms with E-state index in [0.717, 1.165) is 0 Å². The van der Waals surface area contributed by atoms with Crippen LogP contribution in [0.4, 0.5) is 11.4 Å². The fraction of sp³-hybridized carbons (Fsp3) is 0.479. The number of esters is 1. The Labute approximate surface area is 380 Å². The number of nitrogens with zero attached hydrogens (tertiary/aromatic N) is 2. The molecule has 1 aliphatic rings. The molecule has 1 fully saturated rings. The molecule has 4 unspecified atom stereocenters. The number of phenols is 1. The zero-order chi connectivity index (χ0) is 48.0. The average Bonchev–Trinajstić information content (AvgIpc) is 3.23. The van der Waals surface area contributed by atoms with Crippen molar-refractivity contribution in [2.45, 2.75) is 124 Å². The van der Waals surface area contributed by atoms with Crippen molar-refractivity contribution >= 4 is 52.8 Å². The molecule has 4 rings (SSSR count). The van der Waals surface area contributed by atoms with Crippen LogP contribution < -0.4 is 31.3 Å². The Kier molecular flexibility index (Phi) is 18.7. The maximum atomic E-state index is 14.2. The zero-order valence-corrected chi connectivity index (χ0v) is 38.3. The Hall–Kier alpha value is -6.65. The van der Waals surface area contributed by atoms with E-state index in [0.29, 0.717) is 16.8 Å². The Morgan fingerprint density at radius 1 is 0.631 bits per heavy atom. The SMILES string of the molecule is CC(C)CC1NC(=O)C(CC(C)C)NC(=O)[C@@H](Cc2ccc(OC(=O)CCc3ccccc3/N=N/c3ccc(O)c(C(=O)O)c3)cc2)NC(=O)C(CC(C)C)NC(=O)C(C(C)C)NC1=O. The van der Waals surface area contributed by atoms with Crippen LogP contribution in [-0.2, 0) is 41.6 Å². The van der Waals surface area contributed by atoms with Crippen LogP contribution in [0.1, 0.15) is 103 Å². The minimum absolute atomic E-state index is 0.00155. The molecular formula is C48H63N7O10. The van der Waals surface area contributed by atoms with Crippen molar-refractivity contribution < 1.29 is 48.5 Å². The van der Waals surface area contributed by atoms with E-state index in [-0.39, 0.29) is 79.2 Å². The molecule has 3 aromatic rings. The van der Waals surface area contributed by atoms with Gasteiger partial charge in [0.2, 0.25) is 29.5 Å².